The number of hydrogen-bond acceptors (Lipinski definition) is 4. The van der Waals surface area contributed by atoms with Gasteiger partial charge in [-0.2, -0.15) is 23.3 Å². The van der Waals surface area contributed by atoms with Crippen molar-refractivity contribution in [2.75, 3.05) is 0 Å². The molecular formula is C22H18F3N5O. The highest BCUT2D eigenvalue weighted by atomic mass is 19.4. The smallest absolute Gasteiger partial charge is 0.429 e. The Morgan fingerprint density at radius 2 is 1.68 bits per heavy atom. The van der Waals surface area contributed by atoms with Gasteiger partial charge in [-0.15, -0.1) is 0 Å². The van der Waals surface area contributed by atoms with Crippen molar-refractivity contribution in [2.45, 2.75) is 19.2 Å². The summed E-state index contributed by atoms with van der Waals surface area (Å²) in [6.07, 6.45) is -6.98. The van der Waals surface area contributed by atoms with Gasteiger partial charge in [0.25, 0.3) is 0 Å². The van der Waals surface area contributed by atoms with Crippen LogP contribution in [-0.2, 0) is 0 Å². The van der Waals surface area contributed by atoms with Crippen molar-refractivity contribution < 1.29 is 17.9 Å². The first-order chi connectivity index (χ1) is 14.8. The van der Waals surface area contributed by atoms with Crippen molar-refractivity contribution in [3.8, 4) is 11.6 Å². The fourth-order valence-electron chi connectivity index (χ4n) is 3.26. The average molecular weight is 425 g/mol. The molecule has 0 aliphatic heterocycles. The summed E-state index contributed by atoms with van der Waals surface area (Å²) in [6.45, 7) is 1.75. The van der Waals surface area contributed by atoms with E-state index in [-0.39, 0.29) is 17.0 Å². The Morgan fingerprint density at radius 3 is 2.26 bits per heavy atom. The van der Waals surface area contributed by atoms with Crippen LogP contribution >= 0.6 is 0 Å². The minimum absolute atomic E-state index is 0.0339. The molecule has 0 amide bonds. The number of para-hydroxylation sites is 1. The third-order valence-corrected chi connectivity index (χ3v) is 4.73. The Hall–Kier alpha value is -3.88. The Labute approximate surface area is 175 Å². The van der Waals surface area contributed by atoms with Crippen LogP contribution in [0.3, 0.4) is 0 Å². The van der Waals surface area contributed by atoms with Crippen LogP contribution in [0.2, 0.25) is 0 Å². The first kappa shape index (κ1) is 20.4. The first-order valence-electron chi connectivity index (χ1n) is 9.34. The van der Waals surface area contributed by atoms with Gasteiger partial charge in [0, 0.05) is 10.9 Å². The van der Waals surface area contributed by atoms with Crippen molar-refractivity contribution in [1.82, 2.24) is 14.8 Å². The molecule has 1 atom stereocenters. The van der Waals surface area contributed by atoms with E-state index in [1.807, 2.05) is 18.2 Å². The molecule has 0 aliphatic carbocycles. The van der Waals surface area contributed by atoms with Gasteiger partial charge in [0.1, 0.15) is 5.84 Å². The molecule has 0 fully saturated rings. The Kier molecular flexibility index (Phi) is 5.10. The van der Waals surface area contributed by atoms with E-state index < -0.39 is 18.1 Å². The van der Waals surface area contributed by atoms with Gasteiger partial charge < -0.3 is 10.5 Å². The maximum atomic E-state index is 13.8. The van der Waals surface area contributed by atoms with E-state index in [0.29, 0.717) is 22.4 Å². The van der Waals surface area contributed by atoms with Gasteiger partial charge in [-0.25, -0.2) is 4.68 Å². The molecule has 6 nitrogen and oxygen atoms in total. The van der Waals surface area contributed by atoms with Crippen LogP contribution in [0.25, 0.3) is 16.7 Å². The molecule has 4 rings (SSSR count). The second-order valence-corrected chi connectivity index (χ2v) is 6.91. The highest BCUT2D eigenvalue weighted by molar-refractivity contribution is 6.00. The summed E-state index contributed by atoms with van der Waals surface area (Å²) in [4.78, 5) is 4.33. The molecule has 0 saturated heterocycles. The van der Waals surface area contributed by atoms with E-state index in [1.54, 1.807) is 25.1 Å². The van der Waals surface area contributed by atoms with Crippen LogP contribution in [0, 0.1) is 12.3 Å². The molecule has 1 unspecified atom stereocenters. The molecule has 2 aromatic heterocycles. The van der Waals surface area contributed by atoms with E-state index >= 15 is 0 Å². The monoisotopic (exact) mass is 425 g/mol. The number of benzene rings is 2. The lowest BCUT2D eigenvalue weighted by Gasteiger charge is -2.22. The van der Waals surface area contributed by atoms with Crippen molar-refractivity contribution in [3.63, 3.8) is 0 Å². The van der Waals surface area contributed by atoms with Crippen molar-refractivity contribution in [2.24, 2.45) is 5.73 Å². The molecule has 2 aromatic carbocycles. The third-order valence-electron chi connectivity index (χ3n) is 4.73. The summed E-state index contributed by atoms with van der Waals surface area (Å²) >= 11 is 0. The number of nitrogens with zero attached hydrogens (tertiary/aromatic N) is 3. The fraction of sp³-hybridized carbons (Fsp3) is 0.136. The van der Waals surface area contributed by atoms with Crippen LogP contribution in [0.5, 0.6) is 5.88 Å². The SMILES string of the molecule is Cc1nn(-c2ccccc2)c2nc(OC(c3ccccc3)C(F)(F)F)c(C(=N)N)cc12. The summed E-state index contributed by atoms with van der Waals surface area (Å²) in [5, 5.41) is 12.9. The van der Waals surface area contributed by atoms with Gasteiger partial charge in [0.05, 0.1) is 16.9 Å². The second kappa shape index (κ2) is 7.75. The number of aromatic nitrogens is 3. The maximum absolute atomic E-state index is 13.8. The lowest BCUT2D eigenvalue weighted by molar-refractivity contribution is -0.198. The summed E-state index contributed by atoms with van der Waals surface area (Å²) in [5.41, 5.74) is 7.12. The summed E-state index contributed by atoms with van der Waals surface area (Å²) in [7, 11) is 0. The number of fused-ring (bicyclic) bond motifs is 1. The second-order valence-electron chi connectivity index (χ2n) is 6.91. The van der Waals surface area contributed by atoms with Gasteiger partial charge in [-0.05, 0) is 25.1 Å². The molecule has 0 bridgehead atoms. The normalized spacial score (nSPS) is 12.6. The number of ether oxygens (including phenoxy) is 1. The van der Waals surface area contributed by atoms with Crippen LogP contribution in [0.15, 0.2) is 66.7 Å². The number of nitrogen functional groups attached to an aromatic ring is 1. The van der Waals surface area contributed by atoms with Crippen molar-refractivity contribution in [1.29, 1.82) is 5.41 Å². The van der Waals surface area contributed by atoms with E-state index in [0.717, 1.165) is 0 Å². The van der Waals surface area contributed by atoms with E-state index in [4.69, 9.17) is 15.9 Å². The number of amidine groups is 1. The number of rotatable bonds is 5. The Balaban J connectivity index is 1.90. The van der Waals surface area contributed by atoms with Crippen LogP contribution in [0.1, 0.15) is 22.9 Å². The largest absolute Gasteiger partial charge is 0.459 e. The Morgan fingerprint density at radius 1 is 1.06 bits per heavy atom. The number of hydrogen-bond donors (Lipinski definition) is 2. The van der Waals surface area contributed by atoms with E-state index in [1.165, 1.54) is 35.0 Å². The number of alkyl halides is 3. The van der Waals surface area contributed by atoms with E-state index in [2.05, 4.69) is 10.1 Å². The Bertz CT molecular complexity index is 1240. The molecule has 0 spiro atoms. The standard InChI is InChI=1S/C22H18F3N5O/c1-13-16-12-17(19(26)27)21(28-20(16)30(29-13)15-10-6-3-7-11-15)31-18(22(23,24)25)14-8-4-2-5-9-14/h2-12,18H,1H3,(H3,26,27). The lowest BCUT2D eigenvalue weighted by atomic mass is 10.1. The highest BCUT2D eigenvalue weighted by Crippen LogP contribution is 2.38. The van der Waals surface area contributed by atoms with E-state index in [9.17, 15) is 13.2 Å². The molecule has 0 radical (unpaired) electrons. The molecule has 4 aromatic rings. The topological polar surface area (TPSA) is 89.8 Å². The molecule has 2 heterocycles. The predicted molar refractivity (Wildman–Crippen MR) is 110 cm³/mol. The summed E-state index contributed by atoms with van der Waals surface area (Å²) < 4.78 is 48.4. The molecular weight excluding hydrogens is 407 g/mol. The van der Waals surface area contributed by atoms with Crippen LogP contribution in [0.4, 0.5) is 13.2 Å². The average Bonchev–Trinajstić information content (AvgIpc) is 3.07. The third kappa shape index (κ3) is 3.94. The van der Waals surface area contributed by atoms with Gasteiger partial charge >= 0.3 is 6.18 Å². The predicted octanol–water partition coefficient (Wildman–Crippen LogP) is 4.70. The lowest BCUT2D eigenvalue weighted by Crippen LogP contribution is -2.27. The number of aryl methyl sites for hydroxylation is 1. The first-order valence-corrected chi connectivity index (χ1v) is 9.34. The number of nitrogens with one attached hydrogen (secondary N) is 1. The van der Waals surface area contributed by atoms with Gasteiger partial charge in [-0.1, -0.05) is 48.5 Å². The van der Waals surface area contributed by atoms with Gasteiger partial charge in [0.15, 0.2) is 5.65 Å². The molecule has 158 valence electrons. The van der Waals surface area contributed by atoms with Crippen LogP contribution < -0.4 is 10.5 Å². The van der Waals surface area contributed by atoms with Gasteiger partial charge in [-0.3, -0.25) is 5.41 Å². The van der Waals surface area contributed by atoms with Crippen LogP contribution in [-0.4, -0.2) is 26.8 Å². The fourth-order valence-corrected chi connectivity index (χ4v) is 3.26. The zero-order valence-electron chi connectivity index (χ0n) is 16.4. The molecule has 0 saturated carbocycles. The molecule has 3 N–H and O–H groups in total. The minimum Gasteiger partial charge on any atom is -0.459 e. The van der Waals surface area contributed by atoms with Crippen molar-refractivity contribution >= 4 is 16.9 Å². The summed E-state index contributed by atoms with van der Waals surface area (Å²) in [6, 6.07) is 17.8. The summed E-state index contributed by atoms with van der Waals surface area (Å²) in [5.74, 6) is -0.839. The maximum Gasteiger partial charge on any atom is 0.429 e. The van der Waals surface area contributed by atoms with Gasteiger partial charge in [0.2, 0.25) is 12.0 Å². The van der Waals surface area contributed by atoms with Crippen molar-refractivity contribution in [3.05, 3.63) is 83.6 Å². The minimum atomic E-state index is -4.71. The number of nitrogens with two attached hydrogens (primary N) is 1. The molecule has 31 heavy (non-hydrogen) atoms. The zero-order valence-corrected chi connectivity index (χ0v) is 16.4. The number of pyridine rings is 1. The molecule has 0 aliphatic rings. The highest BCUT2D eigenvalue weighted by Gasteiger charge is 2.43. The molecule has 9 heteroatoms. The zero-order chi connectivity index (χ0) is 22.2. The number of halogens is 3. The quantitative estimate of drug-likeness (QED) is 0.358.